The minimum absolute atomic E-state index is 0.529. The van der Waals surface area contributed by atoms with E-state index in [1.165, 1.54) is 24.1 Å². The summed E-state index contributed by atoms with van der Waals surface area (Å²) in [6, 6.07) is 12.5. The molecule has 5 rings (SSSR count). The van der Waals surface area contributed by atoms with Gasteiger partial charge in [0.25, 0.3) is 0 Å². The first-order valence-corrected chi connectivity index (χ1v) is 8.95. The molecular formula is C21H20N4. The third-order valence-electron chi connectivity index (χ3n) is 5.31. The molecule has 0 aliphatic heterocycles. The van der Waals surface area contributed by atoms with Gasteiger partial charge in [-0.25, -0.2) is 9.67 Å². The number of fused-ring (bicyclic) bond motifs is 4. The van der Waals surface area contributed by atoms with E-state index in [2.05, 4.69) is 25.1 Å². The molecule has 0 fully saturated rings. The highest BCUT2D eigenvalue weighted by Crippen LogP contribution is 2.34. The molecule has 4 heteroatoms. The number of benzene rings is 1. The van der Waals surface area contributed by atoms with Gasteiger partial charge in [-0.3, -0.25) is 4.98 Å². The van der Waals surface area contributed by atoms with E-state index >= 15 is 0 Å². The van der Waals surface area contributed by atoms with Crippen LogP contribution < -0.4 is 0 Å². The topological polar surface area (TPSA) is 43.6 Å². The summed E-state index contributed by atoms with van der Waals surface area (Å²) < 4.78 is 1.93. The molecule has 1 aromatic carbocycles. The molecular weight excluding hydrogens is 308 g/mol. The van der Waals surface area contributed by atoms with E-state index in [4.69, 9.17) is 15.1 Å². The molecule has 0 radical (unpaired) electrons. The maximum Gasteiger partial charge on any atom is 0.165 e. The Bertz CT molecular complexity index is 1100. The van der Waals surface area contributed by atoms with Crippen LogP contribution >= 0.6 is 0 Å². The average Bonchev–Trinajstić information content (AvgIpc) is 2.99. The van der Waals surface area contributed by atoms with Crippen molar-refractivity contribution in [2.24, 2.45) is 0 Å². The third-order valence-corrected chi connectivity index (χ3v) is 5.31. The number of para-hydroxylation sites is 1. The summed E-state index contributed by atoms with van der Waals surface area (Å²) in [6.45, 7) is 4.34. The van der Waals surface area contributed by atoms with Crippen LogP contribution in [0.4, 0.5) is 0 Å². The van der Waals surface area contributed by atoms with Crippen molar-refractivity contribution in [2.45, 2.75) is 39.0 Å². The summed E-state index contributed by atoms with van der Waals surface area (Å²) in [4.78, 5) is 9.83. The van der Waals surface area contributed by atoms with Gasteiger partial charge < -0.3 is 0 Å². The first kappa shape index (κ1) is 14.6. The van der Waals surface area contributed by atoms with E-state index in [0.717, 1.165) is 39.7 Å². The Hall–Kier alpha value is -2.75. The van der Waals surface area contributed by atoms with Crippen LogP contribution in [0, 0.1) is 6.92 Å². The van der Waals surface area contributed by atoms with E-state index in [0.29, 0.717) is 5.92 Å². The highest BCUT2D eigenvalue weighted by atomic mass is 15.3. The van der Waals surface area contributed by atoms with Crippen molar-refractivity contribution in [3.05, 3.63) is 59.5 Å². The fraction of sp³-hybridized carbons (Fsp3) is 0.286. The number of nitrogens with zero attached hydrogens (tertiary/aromatic N) is 4. The van der Waals surface area contributed by atoms with Crippen LogP contribution in [-0.4, -0.2) is 19.7 Å². The Kier molecular flexibility index (Phi) is 3.14. The Morgan fingerprint density at radius 1 is 1.16 bits per heavy atom. The standard InChI is InChI=1S/C21H20N4/c1-13-7-6-8-15-11-16-12-22-21-18(20(16)23-19(13)15)14(2)24-25(21)17-9-4-3-5-10-17/h3-5,9-13H,6-8H2,1-2H3. The lowest BCUT2D eigenvalue weighted by molar-refractivity contribution is 0.576. The number of aryl methyl sites for hydroxylation is 2. The number of hydrogen-bond donors (Lipinski definition) is 0. The summed E-state index contributed by atoms with van der Waals surface area (Å²) in [5.41, 5.74) is 6.58. The van der Waals surface area contributed by atoms with Crippen LogP contribution in [-0.2, 0) is 6.42 Å². The molecule has 0 N–H and O–H groups in total. The van der Waals surface area contributed by atoms with Crippen molar-refractivity contribution in [1.29, 1.82) is 0 Å². The summed E-state index contributed by atoms with van der Waals surface area (Å²) >= 11 is 0. The lowest BCUT2D eigenvalue weighted by Gasteiger charge is -2.21. The second-order valence-corrected chi connectivity index (χ2v) is 7.05. The number of hydrogen-bond acceptors (Lipinski definition) is 3. The molecule has 3 aromatic heterocycles. The molecule has 124 valence electrons. The molecule has 1 aliphatic carbocycles. The van der Waals surface area contributed by atoms with Crippen molar-refractivity contribution in [3.8, 4) is 5.69 Å². The predicted molar refractivity (Wildman–Crippen MR) is 100 cm³/mol. The smallest absolute Gasteiger partial charge is 0.165 e. The van der Waals surface area contributed by atoms with Crippen molar-refractivity contribution >= 4 is 21.9 Å². The average molecular weight is 328 g/mol. The van der Waals surface area contributed by atoms with E-state index in [1.807, 2.05) is 36.0 Å². The fourth-order valence-corrected chi connectivity index (χ4v) is 4.04. The van der Waals surface area contributed by atoms with Crippen molar-refractivity contribution in [3.63, 3.8) is 0 Å². The zero-order chi connectivity index (χ0) is 17.0. The molecule has 4 nitrogen and oxygen atoms in total. The summed E-state index contributed by atoms with van der Waals surface area (Å²) in [5.74, 6) is 0.529. The Morgan fingerprint density at radius 2 is 2.00 bits per heavy atom. The largest absolute Gasteiger partial charge is 0.251 e. The Morgan fingerprint density at radius 3 is 2.84 bits per heavy atom. The molecule has 0 spiro atoms. The molecule has 0 saturated heterocycles. The van der Waals surface area contributed by atoms with Gasteiger partial charge in [0.05, 0.1) is 22.3 Å². The molecule has 0 amide bonds. The maximum atomic E-state index is 5.10. The molecule has 1 aliphatic rings. The van der Waals surface area contributed by atoms with Gasteiger partial charge in [-0.1, -0.05) is 25.1 Å². The highest BCUT2D eigenvalue weighted by Gasteiger charge is 2.21. The highest BCUT2D eigenvalue weighted by molar-refractivity contribution is 6.04. The lowest BCUT2D eigenvalue weighted by atomic mass is 9.87. The van der Waals surface area contributed by atoms with Crippen molar-refractivity contribution < 1.29 is 0 Å². The van der Waals surface area contributed by atoms with Crippen LogP contribution in [0.15, 0.2) is 42.6 Å². The van der Waals surface area contributed by atoms with Gasteiger partial charge in [0.1, 0.15) is 0 Å². The van der Waals surface area contributed by atoms with Gasteiger partial charge in [-0.05, 0) is 55.9 Å². The van der Waals surface area contributed by atoms with E-state index in [-0.39, 0.29) is 0 Å². The van der Waals surface area contributed by atoms with Gasteiger partial charge in [0, 0.05) is 17.3 Å². The van der Waals surface area contributed by atoms with Crippen molar-refractivity contribution in [1.82, 2.24) is 19.7 Å². The van der Waals surface area contributed by atoms with Crippen LogP contribution in [0.1, 0.15) is 42.6 Å². The maximum absolute atomic E-state index is 5.10. The second-order valence-electron chi connectivity index (χ2n) is 7.05. The number of rotatable bonds is 1. The molecule has 3 heterocycles. The summed E-state index contributed by atoms with van der Waals surface area (Å²) in [5, 5.41) is 6.95. The van der Waals surface area contributed by atoms with Crippen LogP contribution in [0.5, 0.6) is 0 Å². The summed E-state index contributed by atoms with van der Waals surface area (Å²) in [7, 11) is 0. The lowest BCUT2D eigenvalue weighted by Crippen LogP contribution is -2.09. The quantitative estimate of drug-likeness (QED) is 0.508. The van der Waals surface area contributed by atoms with Gasteiger partial charge >= 0.3 is 0 Å². The Balaban J connectivity index is 1.84. The van der Waals surface area contributed by atoms with Gasteiger partial charge in [0.15, 0.2) is 5.65 Å². The number of aromatic nitrogens is 4. The van der Waals surface area contributed by atoms with E-state index < -0.39 is 0 Å². The van der Waals surface area contributed by atoms with E-state index in [9.17, 15) is 0 Å². The second kappa shape index (κ2) is 5.38. The SMILES string of the molecule is Cc1nn(-c2ccccc2)c2ncc3cc4c(nc3c12)C(C)CCC4. The van der Waals surface area contributed by atoms with Gasteiger partial charge in [0.2, 0.25) is 0 Å². The monoisotopic (exact) mass is 328 g/mol. The van der Waals surface area contributed by atoms with Crippen LogP contribution in [0.3, 0.4) is 0 Å². The normalized spacial score (nSPS) is 17.1. The van der Waals surface area contributed by atoms with Crippen LogP contribution in [0.25, 0.3) is 27.6 Å². The summed E-state index contributed by atoms with van der Waals surface area (Å²) in [6.07, 6.45) is 5.55. The third kappa shape index (κ3) is 2.17. The van der Waals surface area contributed by atoms with Gasteiger partial charge in [-0.2, -0.15) is 5.10 Å². The number of pyridine rings is 2. The fourth-order valence-electron chi connectivity index (χ4n) is 4.04. The zero-order valence-electron chi connectivity index (χ0n) is 14.5. The minimum atomic E-state index is 0.529. The van der Waals surface area contributed by atoms with Crippen LogP contribution in [0.2, 0.25) is 0 Å². The molecule has 1 unspecified atom stereocenters. The van der Waals surface area contributed by atoms with E-state index in [1.54, 1.807) is 0 Å². The Labute approximate surface area is 146 Å². The molecule has 0 bridgehead atoms. The molecule has 1 atom stereocenters. The minimum Gasteiger partial charge on any atom is -0.251 e. The molecule has 0 saturated carbocycles. The van der Waals surface area contributed by atoms with Crippen molar-refractivity contribution in [2.75, 3.05) is 0 Å². The first-order chi connectivity index (χ1) is 12.2. The predicted octanol–water partition coefficient (Wildman–Crippen LogP) is 4.72. The molecule has 25 heavy (non-hydrogen) atoms. The first-order valence-electron chi connectivity index (χ1n) is 8.95. The zero-order valence-corrected chi connectivity index (χ0v) is 14.5. The van der Waals surface area contributed by atoms with Gasteiger partial charge in [-0.15, -0.1) is 0 Å². The molecule has 4 aromatic rings.